The quantitative estimate of drug-likeness (QED) is 0.304. The third kappa shape index (κ3) is 4.98. The van der Waals surface area contributed by atoms with Crippen molar-refractivity contribution < 1.29 is 9.59 Å². The average molecular weight is 548 g/mol. The molecule has 5 rings (SSSR count). The standard InChI is InChI=1S/C29H30ClN5O2S/c1-18(2)26-24(15-31-35(26)29-32-25(17-38-29)21-9-11-22(30)12-10-21)27(36)33-13-14-34(20(4)16-33)28(37)23-8-6-5-7-19(23)3/h5-12,15,17-18,20H,13-14,16H2,1-4H3. The van der Waals surface area contributed by atoms with E-state index >= 15 is 0 Å². The van der Waals surface area contributed by atoms with Gasteiger partial charge in [-0.2, -0.15) is 5.10 Å². The number of hydrogen-bond donors (Lipinski definition) is 0. The van der Waals surface area contributed by atoms with E-state index in [4.69, 9.17) is 16.6 Å². The molecular weight excluding hydrogens is 518 g/mol. The van der Waals surface area contributed by atoms with Crippen LogP contribution < -0.4 is 0 Å². The second-order valence-corrected chi connectivity index (χ2v) is 11.2. The normalized spacial score (nSPS) is 15.8. The Kier molecular flexibility index (Phi) is 7.36. The highest BCUT2D eigenvalue weighted by Gasteiger charge is 2.33. The Labute approximate surface area is 231 Å². The van der Waals surface area contributed by atoms with Crippen molar-refractivity contribution in [2.75, 3.05) is 19.6 Å². The second-order valence-electron chi connectivity index (χ2n) is 9.95. The zero-order valence-electron chi connectivity index (χ0n) is 21.9. The van der Waals surface area contributed by atoms with E-state index in [9.17, 15) is 9.59 Å². The zero-order valence-corrected chi connectivity index (χ0v) is 23.5. The number of benzene rings is 2. The van der Waals surface area contributed by atoms with Crippen LogP contribution in [0.25, 0.3) is 16.4 Å². The zero-order chi connectivity index (χ0) is 27.0. The number of hydrogen-bond acceptors (Lipinski definition) is 5. The Morgan fingerprint density at radius 2 is 1.76 bits per heavy atom. The molecule has 1 aliphatic rings. The molecule has 0 aliphatic carbocycles. The van der Waals surface area contributed by atoms with Crippen LogP contribution in [0.3, 0.4) is 0 Å². The van der Waals surface area contributed by atoms with Crippen molar-refractivity contribution in [3.63, 3.8) is 0 Å². The van der Waals surface area contributed by atoms with Gasteiger partial charge in [0.05, 0.1) is 23.1 Å². The van der Waals surface area contributed by atoms with Crippen molar-refractivity contribution >= 4 is 34.8 Å². The van der Waals surface area contributed by atoms with Gasteiger partial charge in [0.15, 0.2) is 0 Å². The molecule has 1 atom stereocenters. The van der Waals surface area contributed by atoms with Crippen LogP contribution in [-0.2, 0) is 0 Å². The summed E-state index contributed by atoms with van der Waals surface area (Å²) in [6.07, 6.45) is 1.65. The molecule has 1 saturated heterocycles. The fourth-order valence-electron chi connectivity index (χ4n) is 4.93. The van der Waals surface area contributed by atoms with Crippen LogP contribution in [0.2, 0.25) is 5.02 Å². The highest BCUT2D eigenvalue weighted by Crippen LogP contribution is 2.30. The van der Waals surface area contributed by atoms with Crippen molar-refractivity contribution in [2.24, 2.45) is 0 Å². The summed E-state index contributed by atoms with van der Waals surface area (Å²) in [6, 6.07) is 15.1. The Hall–Kier alpha value is -3.49. The van der Waals surface area contributed by atoms with E-state index in [1.165, 1.54) is 11.3 Å². The van der Waals surface area contributed by atoms with Gasteiger partial charge in [-0.3, -0.25) is 9.59 Å². The largest absolute Gasteiger partial charge is 0.335 e. The highest BCUT2D eigenvalue weighted by molar-refractivity contribution is 7.12. The molecule has 0 N–H and O–H groups in total. The van der Waals surface area contributed by atoms with Gasteiger partial charge in [-0.05, 0) is 43.5 Å². The van der Waals surface area contributed by atoms with Gasteiger partial charge in [-0.1, -0.05) is 55.8 Å². The average Bonchev–Trinajstić information content (AvgIpc) is 3.56. The van der Waals surface area contributed by atoms with E-state index in [-0.39, 0.29) is 23.8 Å². The molecule has 2 aromatic heterocycles. The molecule has 1 fully saturated rings. The molecule has 0 saturated carbocycles. The number of carbonyl (C=O) groups excluding carboxylic acids is 2. The number of rotatable bonds is 5. The minimum Gasteiger partial charge on any atom is -0.335 e. The second kappa shape index (κ2) is 10.7. The smallest absolute Gasteiger partial charge is 0.257 e. The van der Waals surface area contributed by atoms with Gasteiger partial charge in [0.2, 0.25) is 5.13 Å². The number of aromatic nitrogens is 3. The predicted molar refractivity (Wildman–Crippen MR) is 151 cm³/mol. The topological polar surface area (TPSA) is 71.3 Å². The van der Waals surface area contributed by atoms with Gasteiger partial charge in [0.1, 0.15) is 0 Å². The van der Waals surface area contributed by atoms with Crippen LogP contribution in [0.5, 0.6) is 0 Å². The van der Waals surface area contributed by atoms with E-state index in [2.05, 4.69) is 18.9 Å². The molecule has 1 aliphatic heterocycles. The van der Waals surface area contributed by atoms with E-state index in [0.717, 1.165) is 22.5 Å². The van der Waals surface area contributed by atoms with Crippen LogP contribution in [0.15, 0.2) is 60.1 Å². The summed E-state index contributed by atoms with van der Waals surface area (Å²) in [4.78, 5) is 35.4. The van der Waals surface area contributed by atoms with Crippen molar-refractivity contribution in [3.05, 3.63) is 87.5 Å². The van der Waals surface area contributed by atoms with Gasteiger partial charge >= 0.3 is 0 Å². The van der Waals surface area contributed by atoms with Crippen molar-refractivity contribution in [1.82, 2.24) is 24.6 Å². The Morgan fingerprint density at radius 3 is 2.45 bits per heavy atom. The van der Waals surface area contributed by atoms with Gasteiger partial charge in [0, 0.05) is 47.2 Å². The van der Waals surface area contributed by atoms with Gasteiger partial charge in [-0.25, -0.2) is 9.67 Å². The van der Waals surface area contributed by atoms with Crippen LogP contribution >= 0.6 is 22.9 Å². The number of thiazole rings is 1. The number of carbonyl (C=O) groups is 2. The minimum atomic E-state index is -0.0988. The minimum absolute atomic E-state index is 0.0126. The lowest BCUT2D eigenvalue weighted by atomic mass is 10.0. The number of halogens is 1. The molecule has 0 radical (unpaired) electrons. The third-order valence-corrected chi connectivity index (χ3v) is 8.02. The number of piperazine rings is 1. The van der Waals surface area contributed by atoms with Crippen LogP contribution in [-0.4, -0.2) is 62.1 Å². The Balaban J connectivity index is 1.36. The molecule has 2 aromatic carbocycles. The summed E-state index contributed by atoms with van der Waals surface area (Å²) >= 11 is 7.52. The summed E-state index contributed by atoms with van der Waals surface area (Å²) in [6.45, 7) is 9.49. The molecular formula is C29H30ClN5O2S. The number of aryl methyl sites for hydroxylation is 1. The van der Waals surface area contributed by atoms with E-state index in [1.54, 1.807) is 10.9 Å². The molecule has 38 heavy (non-hydrogen) atoms. The van der Waals surface area contributed by atoms with E-state index in [0.29, 0.717) is 40.9 Å². The monoisotopic (exact) mass is 547 g/mol. The van der Waals surface area contributed by atoms with Gasteiger partial charge < -0.3 is 9.80 Å². The molecule has 3 heterocycles. The van der Waals surface area contributed by atoms with Crippen LogP contribution in [0.1, 0.15) is 58.7 Å². The number of nitrogens with zero attached hydrogens (tertiary/aromatic N) is 5. The molecule has 196 valence electrons. The van der Waals surface area contributed by atoms with Crippen LogP contribution in [0, 0.1) is 6.92 Å². The molecule has 2 amide bonds. The molecule has 7 nitrogen and oxygen atoms in total. The summed E-state index contributed by atoms with van der Waals surface area (Å²) in [5.74, 6) is 0.00333. The fourth-order valence-corrected chi connectivity index (χ4v) is 5.86. The summed E-state index contributed by atoms with van der Waals surface area (Å²) in [5, 5.41) is 7.96. The first kappa shape index (κ1) is 26.1. The molecule has 0 bridgehead atoms. The lowest BCUT2D eigenvalue weighted by molar-refractivity contribution is 0.0413. The van der Waals surface area contributed by atoms with E-state index in [1.807, 2.05) is 77.6 Å². The fraction of sp³-hybridized carbons (Fsp3) is 0.310. The lowest BCUT2D eigenvalue weighted by Crippen LogP contribution is -2.55. The Morgan fingerprint density at radius 1 is 1.03 bits per heavy atom. The van der Waals surface area contributed by atoms with Crippen molar-refractivity contribution in [1.29, 1.82) is 0 Å². The molecule has 1 unspecified atom stereocenters. The van der Waals surface area contributed by atoms with E-state index < -0.39 is 0 Å². The maximum atomic E-state index is 13.7. The maximum absolute atomic E-state index is 13.7. The predicted octanol–water partition coefficient (Wildman–Crippen LogP) is 6.07. The van der Waals surface area contributed by atoms with Crippen molar-refractivity contribution in [2.45, 2.75) is 39.7 Å². The third-order valence-electron chi connectivity index (χ3n) is 6.95. The summed E-state index contributed by atoms with van der Waals surface area (Å²) in [5.41, 5.74) is 4.89. The first-order valence-electron chi connectivity index (χ1n) is 12.7. The van der Waals surface area contributed by atoms with Gasteiger partial charge in [0.25, 0.3) is 11.8 Å². The molecule has 0 spiro atoms. The highest BCUT2D eigenvalue weighted by atomic mass is 35.5. The Bertz CT molecular complexity index is 1480. The first-order valence-corrected chi connectivity index (χ1v) is 14.0. The molecule has 4 aromatic rings. The van der Waals surface area contributed by atoms with Gasteiger partial charge in [-0.15, -0.1) is 11.3 Å². The maximum Gasteiger partial charge on any atom is 0.257 e. The number of amides is 2. The SMILES string of the molecule is Cc1ccccc1C(=O)N1CCN(C(=O)c2cnn(-c3nc(-c4ccc(Cl)cc4)cs3)c2C(C)C)CC1C. The van der Waals surface area contributed by atoms with Crippen molar-refractivity contribution in [3.8, 4) is 16.4 Å². The van der Waals surface area contributed by atoms with Crippen LogP contribution in [0.4, 0.5) is 0 Å². The molecule has 9 heteroatoms. The summed E-state index contributed by atoms with van der Waals surface area (Å²) < 4.78 is 1.78. The summed E-state index contributed by atoms with van der Waals surface area (Å²) in [7, 11) is 0. The lowest BCUT2D eigenvalue weighted by Gasteiger charge is -2.40. The first-order chi connectivity index (χ1) is 18.2.